The van der Waals surface area contributed by atoms with Gasteiger partial charge in [0.25, 0.3) is 5.92 Å². The molecule has 0 radical (unpaired) electrons. The Bertz CT molecular complexity index is 458. The van der Waals surface area contributed by atoms with E-state index in [1.54, 1.807) is 4.90 Å². The molecule has 1 saturated heterocycles. The zero-order valence-electron chi connectivity index (χ0n) is 10.3. The molecule has 1 aliphatic carbocycles. The largest absolute Gasteiger partial charge is 0.445 e. The molecule has 0 atom stereocenters. The van der Waals surface area contributed by atoms with E-state index in [4.69, 9.17) is 4.74 Å². The Morgan fingerprint density at radius 1 is 1.42 bits per heavy atom. The molecule has 0 spiro atoms. The van der Waals surface area contributed by atoms with Gasteiger partial charge in [0.2, 0.25) is 0 Å². The second-order valence-electron chi connectivity index (χ2n) is 5.18. The molecule has 1 aromatic heterocycles. The number of likely N-dealkylation sites (tertiary alicyclic amines) is 1. The topological polar surface area (TPSA) is 47.4 Å². The zero-order valence-corrected chi connectivity index (χ0v) is 10.3. The van der Waals surface area contributed by atoms with E-state index in [1.165, 1.54) is 23.3 Å². The highest BCUT2D eigenvalue weighted by Crippen LogP contribution is 2.35. The van der Waals surface area contributed by atoms with Crippen LogP contribution in [0, 0.1) is 0 Å². The molecular weight excluding hydrogens is 256 g/mol. The molecule has 3 rings (SSSR count). The predicted molar refractivity (Wildman–Crippen MR) is 62.1 cm³/mol. The molecule has 0 N–H and O–H groups in total. The molecule has 7 heteroatoms. The Balaban J connectivity index is 1.45. The van der Waals surface area contributed by atoms with Crippen LogP contribution in [0.1, 0.15) is 19.3 Å². The first-order chi connectivity index (χ1) is 9.03. The Hall–Kier alpha value is -1.50. The summed E-state index contributed by atoms with van der Waals surface area (Å²) in [5.41, 5.74) is 0. The molecule has 2 aliphatic rings. The van der Waals surface area contributed by atoms with Crippen LogP contribution in [0.25, 0.3) is 0 Å². The van der Waals surface area contributed by atoms with Crippen LogP contribution in [-0.2, 0) is 4.74 Å². The third kappa shape index (κ3) is 2.60. The number of imidazole rings is 1. The predicted octanol–water partition coefficient (Wildman–Crippen LogP) is 1.74. The van der Waals surface area contributed by atoms with E-state index < -0.39 is 12.0 Å². The molecule has 0 aromatic carbocycles. The maximum absolute atomic E-state index is 13.1. The summed E-state index contributed by atoms with van der Waals surface area (Å²) >= 11 is 0. The first kappa shape index (κ1) is 12.5. The molecule has 0 bridgehead atoms. The van der Waals surface area contributed by atoms with Crippen molar-refractivity contribution in [2.45, 2.75) is 37.3 Å². The van der Waals surface area contributed by atoms with Gasteiger partial charge in [-0.3, -0.25) is 4.90 Å². The van der Waals surface area contributed by atoms with Crippen molar-refractivity contribution in [3.05, 3.63) is 18.7 Å². The van der Waals surface area contributed by atoms with Crippen molar-refractivity contribution >= 4 is 6.09 Å². The summed E-state index contributed by atoms with van der Waals surface area (Å²) in [7, 11) is 0. The fourth-order valence-corrected chi connectivity index (χ4v) is 2.58. The summed E-state index contributed by atoms with van der Waals surface area (Å²) in [6.45, 7) is 0.264. The van der Waals surface area contributed by atoms with E-state index in [0.717, 1.165) is 0 Å². The third-order valence-corrected chi connectivity index (χ3v) is 3.77. The van der Waals surface area contributed by atoms with Gasteiger partial charge in [-0.2, -0.15) is 0 Å². The molecule has 1 saturated carbocycles. The monoisotopic (exact) mass is 271 g/mol. The number of hydrogen-bond donors (Lipinski definition) is 0. The zero-order chi connectivity index (χ0) is 13.5. The van der Waals surface area contributed by atoms with Crippen LogP contribution in [0.5, 0.6) is 0 Å². The summed E-state index contributed by atoms with van der Waals surface area (Å²) < 4.78 is 32.6. The normalized spacial score (nSPS) is 30.0. The molecule has 1 aromatic rings. The van der Waals surface area contributed by atoms with Crippen LogP contribution in [0.3, 0.4) is 0 Å². The number of rotatable bonds is 2. The molecular formula is C12H15F2N3O2. The molecule has 1 aliphatic heterocycles. The van der Waals surface area contributed by atoms with Crippen LogP contribution in [0.15, 0.2) is 18.7 Å². The van der Waals surface area contributed by atoms with Crippen LogP contribution in [0.4, 0.5) is 13.6 Å². The van der Waals surface area contributed by atoms with Crippen molar-refractivity contribution in [1.82, 2.24) is 14.5 Å². The highest BCUT2D eigenvalue weighted by Gasteiger charge is 2.45. The molecule has 0 unspecified atom stereocenters. The van der Waals surface area contributed by atoms with E-state index in [2.05, 4.69) is 4.98 Å². The minimum Gasteiger partial charge on any atom is -0.445 e. The molecule has 19 heavy (non-hydrogen) atoms. The van der Waals surface area contributed by atoms with Crippen LogP contribution in [0.2, 0.25) is 0 Å². The molecule has 5 nitrogen and oxygen atoms in total. The van der Waals surface area contributed by atoms with Crippen molar-refractivity contribution in [1.29, 1.82) is 0 Å². The van der Waals surface area contributed by atoms with Crippen molar-refractivity contribution in [2.75, 3.05) is 13.1 Å². The lowest BCUT2D eigenvalue weighted by Gasteiger charge is -2.40. The van der Waals surface area contributed by atoms with Gasteiger partial charge in [0.05, 0.1) is 6.54 Å². The highest BCUT2D eigenvalue weighted by atomic mass is 19.3. The summed E-state index contributed by atoms with van der Waals surface area (Å²) in [6.07, 6.45) is 4.95. The van der Waals surface area contributed by atoms with Crippen molar-refractivity contribution in [3.8, 4) is 0 Å². The Morgan fingerprint density at radius 3 is 2.79 bits per heavy atom. The molecule has 0 amide bonds. The molecule has 104 valence electrons. The van der Waals surface area contributed by atoms with Gasteiger partial charge in [0.15, 0.2) is 0 Å². The van der Waals surface area contributed by atoms with Gasteiger partial charge in [0.1, 0.15) is 12.4 Å². The lowest BCUT2D eigenvalue weighted by atomic mass is 9.88. The van der Waals surface area contributed by atoms with Gasteiger partial charge in [-0.15, -0.1) is 0 Å². The second-order valence-corrected chi connectivity index (χ2v) is 5.18. The van der Waals surface area contributed by atoms with Gasteiger partial charge in [-0.25, -0.2) is 23.1 Å². The Labute approximate surface area is 109 Å². The number of halogens is 2. The number of carbonyl (C=O) groups excluding carboxylic acids is 1. The number of alkyl halides is 2. The third-order valence-electron chi connectivity index (χ3n) is 3.77. The van der Waals surface area contributed by atoms with E-state index in [1.807, 2.05) is 0 Å². The van der Waals surface area contributed by atoms with E-state index in [-0.39, 0.29) is 25.1 Å². The second kappa shape index (κ2) is 4.56. The Kier molecular flexibility index (Phi) is 3.00. The first-order valence-corrected chi connectivity index (χ1v) is 6.34. The highest BCUT2D eigenvalue weighted by molar-refractivity contribution is 5.70. The Morgan fingerprint density at radius 2 is 2.21 bits per heavy atom. The van der Waals surface area contributed by atoms with Gasteiger partial charge >= 0.3 is 6.09 Å². The van der Waals surface area contributed by atoms with Gasteiger partial charge in [-0.05, 0) is 0 Å². The number of aromatic nitrogens is 2. The maximum atomic E-state index is 13.1. The van der Waals surface area contributed by atoms with Crippen molar-refractivity contribution in [3.63, 3.8) is 0 Å². The molecule has 2 heterocycles. The summed E-state index contributed by atoms with van der Waals surface area (Å²) in [4.78, 5) is 17.2. The lowest BCUT2D eigenvalue weighted by Crippen LogP contribution is -2.48. The summed E-state index contributed by atoms with van der Waals surface area (Å²) in [5.74, 6) is -2.56. The SMILES string of the molecule is O=C(OC1CC(N2CCC(F)(F)C2)C1)n1ccnc1. The van der Waals surface area contributed by atoms with Crippen molar-refractivity contribution in [2.24, 2.45) is 0 Å². The van der Waals surface area contributed by atoms with Crippen LogP contribution >= 0.6 is 0 Å². The quantitative estimate of drug-likeness (QED) is 0.822. The fraction of sp³-hybridized carbons (Fsp3) is 0.667. The van der Waals surface area contributed by atoms with Gasteiger partial charge in [-0.1, -0.05) is 0 Å². The van der Waals surface area contributed by atoms with Gasteiger partial charge < -0.3 is 4.74 Å². The lowest BCUT2D eigenvalue weighted by molar-refractivity contribution is -0.0290. The van der Waals surface area contributed by atoms with Gasteiger partial charge in [0, 0.05) is 44.2 Å². The standard InChI is InChI=1S/C12H15F2N3O2/c13-12(14)1-3-16(7-12)9-5-10(6-9)19-11(18)17-4-2-15-8-17/h2,4,8-10H,1,3,5-7H2. The summed E-state index contributed by atoms with van der Waals surface area (Å²) in [5, 5.41) is 0. The maximum Gasteiger partial charge on any atom is 0.419 e. The van der Waals surface area contributed by atoms with Crippen LogP contribution in [-0.4, -0.2) is 51.7 Å². The number of carbonyl (C=O) groups is 1. The molecule has 2 fully saturated rings. The summed E-state index contributed by atoms with van der Waals surface area (Å²) in [6, 6.07) is 0.119. The average Bonchev–Trinajstić information content (AvgIpc) is 2.91. The minimum absolute atomic E-state index is 0.0665. The smallest absolute Gasteiger partial charge is 0.419 e. The van der Waals surface area contributed by atoms with Crippen molar-refractivity contribution < 1.29 is 18.3 Å². The minimum atomic E-state index is -2.56. The van der Waals surface area contributed by atoms with E-state index >= 15 is 0 Å². The fourth-order valence-electron chi connectivity index (χ4n) is 2.58. The van der Waals surface area contributed by atoms with E-state index in [0.29, 0.717) is 19.4 Å². The number of nitrogens with zero attached hydrogens (tertiary/aromatic N) is 3. The number of hydrogen-bond acceptors (Lipinski definition) is 4. The first-order valence-electron chi connectivity index (χ1n) is 6.34. The average molecular weight is 271 g/mol. The van der Waals surface area contributed by atoms with Crippen LogP contribution < -0.4 is 0 Å². The van der Waals surface area contributed by atoms with E-state index in [9.17, 15) is 13.6 Å². The number of ether oxygens (including phenoxy) is 1.